The number of carbonyl (C=O) groups is 1. The fraction of sp³-hybridized carbons (Fsp3) is 0.393. The van der Waals surface area contributed by atoms with E-state index in [0.717, 1.165) is 12.0 Å². The second-order valence-electron chi connectivity index (χ2n) is 8.89. The molecule has 0 radical (unpaired) electrons. The van der Waals surface area contributed by atoms with Gasteiger partial charge in [-0.3, -0.25) is 9.69 Å². The summed E-state index contributed by atoms with van der Waals surface area (Å²) in [5.74, 6) is 0.827. The van der Waals surface area contributed by atoms with Gasteiger partial charge in [-0.2, -0.15) is 0 Å². The molecule has 6 nitrogen and oxygen atoms in total. The topological polar surface area (TPSA) is 62.2 Å². The highest BCUT2D eigenvalue weighted by atomic mass is 16.5. The molecule has 3 unspecified atom stereocenters. The van der Waals surface area contributed by atoms with Crippen LogP contribution in [0.3, 0.4) is 0 Å². The standard InChI is InChI=1S/C28H34N2O4/c1-6-26(29(3)18(2)21-13-9-11-19-10-7-8-12-22(19)21)30-15-14-20-16-24(33-4)25(34-5)17-23(20)27(31)28(30)32/h7-13,16-18,26-27,31H,6,14-15H2,1-5H3. The van der Waals surface area contributed by atoms with Crippen molar-refractivity contribution in [1.29, 1.82) is 0 Å². The van der Waals surface area contributed by atoms with E-state index in [-0.39, 0.29) is 18.1 Å². The average Bonchev–Trinajstić information content (AvgIpc) is 2.99. The SMILES string of the molecule is CCC(N1CCc2cc(OC)c(OC)cc2C(O)C1=O)N(C)C(C)c1cccc2ccccc12. The lowest BCUT2D eigenvalue weighted by atomic mass is 9.98. The molecular formula is C28H34N2O4. The molecule has 0 aromatic heterocycles. The molecule has 0 fully saturated rings. The highest BCUT2D eigenvalue weighted by Gasteiger charge is 2.36. The fourth-order valence-corrected chi connectivity index (χ4v) is 5.17. The maximum Gasteiger partial charge on any atom is 0.257 e. The molecule has 3 aromatic carbocycles. The van der Waals surface area contributed by atoms with Crippen LogP contribution in [-0.2, 0) is 11.2 Å². The molecule has 4 rings (SSSR count). The quantitative estimate of drug-likeness (QED) is 0.551. The summed E-state index contributed by atoms with van der Waals surface area (Å²) in [4.78, 5) is 17.6. The number of amides is 1. The number of methoxy groups -OCH3 is 2. The molecular weight excluding hydrogens is 428 g/mol. The third-order valence-corrected chi connectivity index (χ3v) is 7.16. The van der Waals surface area contributed by atoms with Gasteiger partial charge < -0.3 is 19.5 Å². The van der Waals surface area contributed by atoms with Gasteiger partial charge in [0.1, 0.15) is 0 Å². The first-order chi connectivity index (χ1) is 16.4. The van der Waals surface area contributed by atoms with Gasteiger partial charge in [-0.1, -0.05) is 49.4 Å². The van der Waals surface area contributed by atoms with Crippen LogP contribution in [-0.4, -0.2) is 54.8 Å². The summed E-state index contributed by atoms with van der Waals surface area (Å²) in [5, 5.41) is 13.5. The smallest absolute Gasteiger partial charge is 0.257 e. The van der Waals surface area contributed by atoms with Crippen molar-refractivity contribution in [2.45, 2.75) is 45.0 Å². The number of benzene rings is 3. The number of nitrogens with zero attached hydrogens (tertiary/aromatic N) is 2. The normalized spacial score (nSPS) is 17.9. The average molecular weight is 463 g/mol. The zero-order chi connectivity index (χ0) is 24.4. The van der Waals surface area contributed by atoms with Crippen LogP contribution >= 0.6 is 0 Å². The molecule has 1 amide bonds. The molecule has 6 heteroatoms. The van der Waals surface area contributed by atoms with Crippen molar-refractivity contribution in [2.75, 3.05) is 27.8 Å². The second kappa shape index (κ2) is 10.0. The van der Waals surface area contributed by atoms with E-state index in [1.807, 2.05) is 17.0 Å². The predicted molar refractivity (Wildman–Crippen MR) is 134 cm³/mol. The van der Waals surface area contributed by atoms with Crippen molar-refractivity contribution < 1.29 is 19.4 Å². The molecule has 0 saturated carbocycles. The van der Waals surface area contributed by atoms with Gasteiger partial charge in [0.15, 0.2) is 17.6 Å². The summed E-state index contributed by atoms with van der Waals surface area (Å²) in [7, 11) is 5.20. The van der Waals surface area contributed by atoms with Gasteiger partial charge >= 0.3 is 0 Å². The van der Waals surface area contributed by atoms with E-state index in [2.05, 4.69) is 62.2 Å². The summed E-state index contributed by atoms with van der Waals surface area (Å²) in [6.45, 7) is 4.78. The largest absolute Gasteiger partial charge is 0.493 e. The van der Waals surface area contributed by atoms with Gasteiger partial charge in [0.05, 0.1) is 20.4 Å². The van der Waals surface area contributed by atoms with E-state index >= 15 is 0 Å². The Morgan fingerprint density at radius 2 is 1.76 bits per heavy atom. The van der Waals surface area contributed by atoms with Gasteiger partial charge in [0.2, 0.25) is 0 Å². The third-order valence-electron chi connectivity index (χ3n) is 7.16. The molecule has 3 aromatic rings. The van der Waals surface area contributed by atoms with Crippen molar-refractivity contribution in [3.63, 3.8) is 0 Å². The number of ether oxygens (including phenoxy) is 2. The number of rotatable bonds is 7. The molecule has 1 heterocycles. The van der Waals surface area contributed by atoms with Gasteiger partial charge in [0, 0.05) is 12.6 Å². The predicted octanol–water partition coefficient (Wildman–Crippen LogP) is 4.70. The maximum atomic E-state index is 13.5. The lowest BCUT2D eigenvalue weighted by molar-refractivity contribution is -0.147. The lowest BCUT2D eigenvalue weighted by Crippen LogP contribution is -2.51. The Kier molecular flexibility index (Phi) is 7.10. The van der Waals surface area contributed by atoms with Gasteiger partial charge in [-0.05, 0) is 66.4 Å². The van der Waals surface area contributed by atoms with E-state index in [0.29, 0.717) is 30.0 Å². The first-order valence-corrected chi connectivity index (χ1v) is 11.8. The van der Waals surface area contributed by atoms with Crippen LogP contribution in [0.25, 0.3) is 10.8 Å². The van der Waals surface area contributed by atoms with Crippen molar-refractivity contribution in [1.82, 2.24) is 9.80 Å². The monoisotopic (exact) mass is 462 g/mol. The van der Waals surface area contributed by atoms with Crippen LogP contribution in [0.2, 0.25) is 0 Å². The van der Waals surface area contributed by atoms with Crippen LogP contribution in [0.4, 0.5) is 0 Å². The zero-order valence-corrected chi connectivity index (χ0v) is 20.6. The Morgan fingerprint density at radius 3 is 2.47 bits per heavy atom. The summed E-state index contributed by atoms with van der Waals surface area (Å²) in [6, 6.07) is 18.4. The Hall–Kier alpha value is -3.09. The summed E-state index contributed by atoms with van der Waals surface area (Å²) >= 11 is 0. The van der Waals surface area contributed by atoms with E-state index in [1.165, 1.54) is 16.3 Å². The highest BCUT2D eigenvalue weighted by Crippen LogP contribution is 2.37. The zero-order valence-electron chi connectivity index (χ0n) is 20.6. The number of carbonyl (C=O) groups excluding carboxylic acids is 1. The Balaban J connectivity index is 1.65. The second-order valence-corrected chi connectivity index (χ2v) is 8.89. The Bertz CT molecular complexity index is 1170. The molecule has 0 spiro atoms. The molecule has 180 valence electrons. The van der Waals surface area contributed by atoms with Crippen molar-refractivity contribution in [3.8, 4) is 11.5 Å². The Morgan fingerprint density at radius 1 is 1.09 bits per heavy atom. The van der Waals surface area contributed by atoms with Crippen molar-refractivity contribution in [2.24, 2.45) is 0 Å². The van der Waals surface area contributed by atoms with Crippen LogP contribution in [0.5, 0.6) is 11.5 Å². The molecule has 1 aliphatic heterocycles. The minimum absolute atomic E-state index is 0.0757. The number of aliphatic hydroxyl groups excluding tert-OH is 1. The van der Waals surface area contributed by atoms with E-state index < -0.39 is 6.10 Å². The molecule has 1 aliphatic rings. The molecule has 34 heavy (non-hydrogen) atoms. The molecule has 3 atom stereocenters. The molecule has 0 saturated heterocycles. The van der Waals surface area contributed by atoms with E-state index in [1.54, 1.807) is 20.3 Å². The minimum Gasteiger partial charge on any atom is -0.493 e. The highest BCUT2D eigenvalue weighted by molar-refractivity contribution is 5.86. The lowest BCUT2D eigenvalue weighted by Gasteiger charge is -2.40. The van der Waals surface area contributed by atoms with E-state index in [9.17, 15) is 9.90 Å². The number of hydrogen-bond donors (Lipinski definition) is 1. The van der Waals surface area contributed by atoms with Crippen LogP contribution in [0.15, 0.2) is 54.6 Å². The fourth-order valence-electron chi connectivity index (χ4n) is 5.17. The number of hydrogen-bond acceptors (Lipinski definition) is 5. The summed E-state index contributed by atoms with van der Waals surface area (Å²) in [5.41, 5.74) is 2.71. The van der Waals surface area contributed by atoms with Gasteiger partial charge in [-0.15, -0.1) is 0 Å². The Labute approximate surface area is 201 Å². The molecule has 0 bridgehead atoms. The van der Waals surface area contributed by atoms with Crippen LogP contribution in [0, 0.1) is 0 Å². The van der Waals surface area contributed by atoms with E-state index in [4.69, 9.17) is 9.47 Å². The summed E-state index contributed by atoms with van der Waals surface area (Å²) < 4.78 is 10.8. The first-order valence-electron chi connectivity index (χ1n) is 11.8. The van der Waals surface area contributed by atoms with Gasteiger partial charge in [-0.25, -0.2) is 0 Å². The maximum absolute atomic E-state index is 13.5. The van der Waals surface area contributed by atoms with Crippen molar-refractivity contribution >= 4 is 16.7 Å². The molecule has 0 aliphatic carbocycles. The van der Waals surface area contributed by atoms with Gasteiger partial charge in [0.25, 0.3) is 5.91 Å². The first kappa shape index (κ1) is 24.0. The minimum atomic E-state index is -1.24. The molecule has 1 N–H and O–H groups in total. The number of aliphatic hydroxyl groups is 1. The number of fused-ring (bicyclic) bond motifs is 2. The summed E-state index contributed by atoms with van der Waals surface area (Å²) in [6.07, 6.45) is -0.0275. The van der Waals surface area contributed by atoms with Crippen LogP contribution in [0.1, 0.15) is 49.1 Å². The van der Waals surface area contributed by atoms with Crippen LogP contribution < -0.4 is 9.47 Å². The van der Waals surface area contributed by atoms with Crippen molar-refractivity contribution in [3.05, 3.63) is 71.3 Å². The third kappa shape index (κ3) is 4.24.